The number of carbonyl (C=O) groups excluding carboxylic acids is 2. The van der Waals surface area contributed by atoms with Crippen LogP contribution in [-0.4, -0.2) is 37.8 Å². The van der Waals surface area contributed by atoms with Gasteiger partial charge in [0.15, 0.2) is 9.84 Å². The summed E-state index contributed by atoms with van der Waals surface area (Å²) in [4.78, 5) is 25.1. The Balaban J connectivity index is 1.68. The van der Waals surface area contributed by atoms with Crippen LogP contribution in [0.5, 0.6) is 0 Å². The molecule has 0 spiro atoms. The Morgan fingerprint density at radius 3 is 2.54 bits per heavy atom. The molecule has 1 aliphatic carbocycles. The van der Waals surface area contributed by atoms with Crippen LogP contribution in [0.4, 0.5) is 5.69 Å². The van der Waals surface area contributed by atoms with Gasteiger partial charge in [0.25, 0.3) is 0 Å². The number of aryl methyl sites for hydroxylation is 1. The van der Waals surface area contributed by atoms with Gasteiger partial charge in [0.1, 0.15) is 5.41 Å². The van der Waals surface area contributed by atoms with Crippen LogP contribution >= 0.6 is 11.6 Å². The fourth-order valence-corrected chi connectivity index (χ4v) is 4.73. The summed E-state index contributed by atoms with van der Waals surface area (Å²) in [5.41, 5.74) is 0.335. The zero-order valence-corrected chi connectivity index (χ0v) is 14.8. The molecule has 8 heteroatoms. The molecule has 6 nitrogen and oxygen atoms in total. The lowest BCUT2D eigenvalue weighted by molar-refractivity contribution is -0.134. The number of carbonyl (C=O) groups is 2. The molecule has 1 aromatic rings. The monoisotopic (exact) mass is 370 g/mol. The molecule has 3 rings (SSSR count). The number of hydrogen-bond acceptors (Lipinski definition) is 4. The maximum atomic E-state index is 12.6. The summed E-state index contributed by atoms with van der Waals surface area (Å²) < 4.78 is 23.0. The van der Waals surface area contributed by atoms with Crippen LogP contribution in [-0.2, 0) is 19.4 Å². The van der Waals surface area contributed by atoms with Crippen LogP contribution in [0.2, 0.25) is 5.02 Å². The third kappa shape index (κ3) is 3.42. The highest BCUT2D eigenvalue weighted by Crippen LogP contribution is 2.47. The molecule has 0 bridgehead atoms. The fourth-order valence-electron chi connectivity index (χ4n) is 2.89. The summed E-state index contributed by atoms with van der Waals surface area (Å²) >= 11 is 5.95. The molecule has 2 N–H and O–H groups in total. The van der Waals surface area contributed by atoms with E-state index in [1.165, 1.54) is 0 Å². The average molecular weight is 371 g/mol. The van der Waals surface area contributed by atoms with Crippen LogP contribution in [0, 0.1) is 12.3 Å². The maximum absolute atomic E-state index is 12.6. The molecular weight excluding hydrogens is 352 g/mol. The SMILES string of the molecule is Cc1ccc(Cl)cc1NC(=O)C1(C(=O)NC2CCS(=O)(=O)C2)CC1. The Labute approximate surface area is 145 Å². The van der Waals surface area contributed by atoms with Crippen molar-refractivity contribution in [3.05, 3.63) is 28.8 Å². The maximum Gasteiger partial charge on any atom is 0.240 e. The molecule has 24 heavy (non-hydrogen) atoms. The molecule has 1 aliphatic heterocycles. The number of benzene rings is 1. The highest BCUT2D eigenvalue weighted by Gasteiger charge is 2.57. The summed E-state index contributed by atoms with van der Waals surface area (Å²) in [7, 11) is -3.08. The second-order valence-corrected chi connectivity index (χ2v) is 9.23. The first-order valence-corrected chi connectivity index (χ1v) is 10.0. The van der Waals surface area contributed by atoms with Gasteiger partial charge in [0, 0.05) is 16.8 Å². The quantitative estimate of drug-likeness (QED) is 0.788. The van der Waals surface area contributed by atoms with Gasteiger partial charge < -0.3 is 10.6 Å². The van der Waals surface area contributed by atoms with E-state index < -0.39 is 21.3 Å². The van der Waals surface area contributed by atoms with E-state index in [2.05, 4.69) is 10.6 Å². The van der Waals surface area contributed by atoms with E-state index in [4.69, 9.17) is 11.6 Å². The molecular formula is C16H19ClN2O4S. The zero-order chi connectivity index (χ0) is 17.5. The smallest absolute Gasteiger partial charge is 0.240 e. The van der Waals surface area contributed by atoms with Gasteiger partial charge in [-0.05, 0) is 43.9 Å². The van der Waals surface area contributed by atoms with E-state index in [-0.39, 0.29) is 23.3 Å². The van der Waals surface area contributed by atoms with Crippen molar-refractivity contribution in [3.8, 4) is 0 Å². The van der Waals surface area contributed by atoms with Gasteiger partial charge in [-0.3, -0.25) is 9.59 Å². The lowest BCUT2D eigenvalue weighted by Crippen LogP contribution is -2.45. The summed E-state index contributed by atoms with van der Waals surface area (Å²) in [5.74, 6) is -0.726. The third-order valence-electron chi connectivity index (χ3n) is 4.63. The highest BCUT2D eigenvalue weighted by molar-refractivity contribution is 7.91. The number of amides is 2. The Hall–Kier alpha value is -1.60. The molecule has 1 unspecified atom stereocenters. The first kappa shape index (κ1) is 17.2. The van der Waals surface area contributed by atoms with Crippen molar-refractivity contribution in [1.82, 2.24) is 5.32 Å². The summed E-state index contributed by atoms with van der Waals surface area (Å²) in [6.45, 7) is 1.84. The average Bonchev–Trinajstić information content (AvgIpc) is 3.24. The van der Waals surface area contributed by atoms with Gasteiger partial charge in [-0.25, -0.2) is 8.42 Å². The van der Waals surface area contributed by atoms with E-state index >= 15 is 0 Å². The van der Waals surface area contributed by atoms with Crippen LogP contribution in [0.15, 0.2) is 18.2 Å². The largest absolute Gasteiger partial charge is 0.351 e. The van der Waals surface area contributed by atoms with Crippen LogP contribution < -0.4 is 10.6 Å². The van der Waals surface area contributed by atoms with Crippen molar-refractivity contribution in [1.29, 1.82) is 0 Å². The van der Waals surface area contributed by atoms with E-state index in [1.807, 2.05) is 6.92 Å². The van der Waals surface area contributed by atoms with Gasteiger partial charge >= 0.3 is 0 Å². The molecule has 2 aliphatic rings. The van der Waals surface area contributed by atoms with E-state index in [1.54, 1.807) is 18.2 Å². The second kappa shape index (κ2) is 6.04. The zero-order valence-electron chi connectivity index (χ0n) is 13.3. The minimum absolute atomic E-state index is 0.0517. The Morgan fingerprint density at radius 1 is 1.25 bits per heavy atom. The number of rotatable bonds is 4. The van der Waals surface area contributed by atoms with Crippen molar-refractivity contribution in [2.45, 2.75) is 32.2 Å². The molecule has 2 fully saturated rings. The van der Waals surface area contributed by atoms with Gasteiger partial charge in [-0.1, -0.05) is 17.7 Å². The van der Waals surface area contributed by atoms with Crippen molar-refractivity contribution in [3.63, 3.8) is 0 Å². The van der Waals surface area contributed by atoms with Gasteiger partial charge in [-0.15, -0.1) is 0 Å². The van der Waals surface area contributed by atoms with Crippen LogP contribution in [0.3, 0.4) is 0 Å². The topological polar surface area (TPSA) is 92.3 Å². The molecule has 2 amide bonds. The van der Waals surface area contributed by atoms with Gasteiger partial charge in [-0.2, -0.15) is 0 Å². The predicted molar refractivity (Wildman–Crippen MR) is 91.7 cm³/mol. The summed E-state index contributed by atoms with van der Waals surface area (Å²) in [6.07, 6.45) is 1.33. The van der Waals surface area contributed by atoms with Crippen LogP contribution in [0.1, 0.15) is 24.8 Å². The Kier molecular flexibility index (Phi) is 4.34. The number of anilines is 1. The molecule has 1 aromatic carbocycles. The minimum atomic E-state index is -3.08. The van der Waals surface area contributed by atoms with Crippen molar-refractivity contribution >= 4 is 38.9 Å². The second-order valence-electron chi connectivity index (χ2n) is 6.57. The standard InChI is InChI=1S/C16H19ClN2O4S/c1-10-2-3-11(17)8-13(10)19-15(21)16(5-6-16)14(20)18-12-4-7-24(22,23)9-12/h2-3,8,12H,4-7,9H2,1H3,(H,18,20)(H,19,21). The lowest BCUT2D eigenvalue weighted by atomic mass is 10.0. The Bertz CT molecular complexity index is 802. The highest BCUT2D eigenvalue weighted by atomic mass is 35.5. The summed E-state index contributed by atoms with van der Waals surface area (Å²) in [6, 6.07) is 4.76. The number of sulfone groups is 1. The molecule has 1 heterocycles. The summed E-state index contributed by atoms with van der Waals surface area (Å²) in [5, 5.41) is 6.00. The first-order valence-electron chi connectivity index (χ1n) is 7.81. The molecule has 1 saturated heterocycles. The van der Waals surface area contributed by atoms with Gasteiger partial charge in [0.2, 0.25) is 11.8 Å². The fraction of sp³-hybridized carbons (Fsp3) is 0.500. The van der Waals surface area contributed by atoms with Crippen molar-refractivity contribution in [2.24, 2.45) is 5.41 Å². The van der Waals surface area contributed by atoms with Gasteiger partial charge in [0.05, 0.1) is 11.5 Å². The number of nitrogens with one attached hydrogen (secondary N) is 2. The normalized spacial score (nSPS) is 23.5. The lowest BCUT2D eigenvalue weighted by Gasteiger charge is -2.19. The van der Waals surface area contributed by atoms with Crippen molar-refractivity contribution in [2.75, 3.05) is 16.8 Å². The molecule has 0 aromatic heterocycles. The van der Waals surface area contributed by atoms with E-state index in [9.17, 15) is 18.0 Å². The predicted octanol–water partition coefficient (Wildman–Crippen LogP) is 1.67. The first-order chi connectivity index (χ1) is 11.2. The Morgan fingerprint density at radius 2 is 1.96 bits per heavy atom. The van der Waals surface area contributed by atoms with E-state index in [0.29, 0.717) is 30.0 Å². The molecule has 130 valence electrons. The number of halogens is 1. The van der Waals surface area contributed by atoms with E-state index in [0.717, 1.165) is 5.56 Å². The van der Waals surface area contributed by atoms with Crippen molar-refractivity contribution < 1.29 is 18.0 Å². The third-order valence-corrected chi connectivity index (χ3v) is 6.64. The number of hydrogen-bond donors (Lipinski definition) is 2. The molecule has 1 atom stereocenters. The molecule has 0 radical (unpaired) electrons. The minimum Gasteiger partial charge on any atom is -0.351 e. The molecule has 1 saturated carbocycles. The van der Waals surface area contributed by atoms with Crippen LogP contribution in [0.25, 0.3) is 0 Å².